The third kappa shape index (κ3) is 4.53. The lowest BCUT2D eigenvalue weighted by Gasteiger charge is -2.26. The van der Waals surface area contributed by atoms with Crippen LogP contribution in [-0.2, 0) is 11.3 Å². The van der Waals surface area contributed by atoms with Crippen molar-refractivity contribution in [2.45, 2.75) is 53.2 Å². The van der Waals surface area contributed by atoms with E-state index < -0.39 is 5.60 Å². The Balaban J connectivity index is 1.83. The Bertz CT molecular complexity index is 930. The van der Waals surface area contributed by atoms with Crippen molar-refractivity contribution in [3.63, 3.8) is 0 Å². The fourth-order valence-electron chi connectivity index (χ4n) is 3.88. The Labute approximate surface area is 177 Å². The number of hydrogen-bond acceptors (Lipinski definition) is 3. The van der Waals surface area contributed by atoms with E-state index in [4.69, 9.17) is 16.3 Å². The zero-order chi connectivity index (χ0) is 21.3. The number of carbonyl (C=O) groups excluding carboxylic acids is 2. The first-order chi connectivity index (χ1) is 13.6. The van der Waals surface area contributed by atoms with Crippen molar-refractivity contribution in [2.75, 3.05) is 26.2 Å². The lowest BCUT2D eigenvalue weighted by atomic mass is 10.1. The molecule has 1 aromatic carbocycles. The van der Waals surface area contributed by atoms with Gasteiger partial charge in [0.25, 0.3) is 5.91 Å². The topological polar surface area (TPSA) is 54.8 Å². The summed E-state index contributed by atoms with van der Waals surface area (Å²) in [6, 6.07) is 5.74. The number of aryl methyl sites for hydroxylation is 2. The Morgan fingerprint density at radius 3 is 2.41 bits per heavy atom. The Morgan fingerprint density at radius 2 is 1.76 bits per heavy atom. The van der Waals surface area contributed by atoms with Crippen molar-refractivity contribution in [1.82, 2.24) is 14.4 Å². The van der Waals surface area contributed by atoms with Crippen molar-refractivity contribution in [3.05, 3.63) is 34.5 Å². The number of ether oxygens (including phenoxy) is 1. The molecule has 2 aromatic rings. The SMILES string of the molecule is CCn1c(C(=O)N2CCCN(C(=O)OC(C)(C)C)CC2)c(C)c2cc(Cl)ccc21. The predicted molar refractivity (Wildman–Crippen MR) is 116 cm³/mol. The molecule has 1 aliphatic rings. The van der Waals surface area contributed by atoms with Gasteiger partial charge in [-0.1, -0.05) is 11.6 Å². The summed E-state index contributed by atoms with van der Waals surface area (Å²) in [5, 5.41) is 1.67. The van der Waals surface area contributed by atoms with Crippen LogP contribution in [0.4, 0.5) is 4.79 Å². The number of aromatic nitrogens is 1. The van der Waals surface area contributed by atoms with Gasteiger partial charge in [-0.25, -0.2) is 4.79 Å². The summed E-state index contributed by atoms with van der Waals surface area (Å²) in [4.78, 5) is 29.4. The molecular weight excluding hydrogens is 390 g/mol. The average molecular weight is 420 g/mol. The molecule has 29 heavy (non-hydrogen) atoms. The van der Waals surface area contributed by atoms with Crippen molar-refractivity contribution in [1.29, 1.82) is 0 Å². The minimum Gasteiger partial charge on any atom is -0.444 e. The number of benzene rings is 1. The number of nitrogens with zero attached hydrogens (tertiary/aromatic N) is 3. The number of fused-ring (bicyclic) bond motifs is 1. The summed E-state index contributed by atoms with van der Waals surface area (Å²) < 4.78 is 7.54. The summed E-state index contributed by atoms with van der Waals surface area (Å²) in [6.45, 7) is 12.4. The van der Waals surface area contributed by atoms with Gasteiger partial charge in [-0.05, 0) is 64.8 Å². The molecule has 2 heterocycles. The van der Waals surface area contributed by atoms with E-state index in [0.717, 1.165) is 22.9 Å². The lowest BCUT2D eigenvalue weighted by Crippen LogP contribution is -2.40. The summed E-state index contributed by atoms with van der Waals surface area (Å²) in [5.74, 6) is 0.00251. The van der Waals surface area contributed by atoms with E-state index >= 15 is 0 Å². The average Bonchev–Trinajstić information content (AvgIpc) is 2.80. The minimum atomic E-state index is -0.528. The first kappa shape index (κ1) is 21.5. The zero-order valence-corrected chi connectivity index (χ0v) is 18.7. The summed E-state index contributed by atoms with van der Waals surface area (Å²) in [5.41, 5.74) is 2.14. The highest BCUT2D eigenvalue weighted by molar-refractivity contribution is 6.31. The van der Waals surface area contributed by atoms with Crippen LogP contribution in [0.5, 0.6) is 0 Å². The fraction of sp³-hybridized carbons (Fsp3) is 0.545. The van der Waals surface area contributed by atoms with Gasteiger partial charge < -0.3 is 19.1 Å². The molecule has 2 amide bonds. The molecule has 158 valence electrons. The van der Waals surface area contributed by atoms with Gasteiger partial charge in [-0.2, -0.15) is 0 Å². The van der Waals surface area contributed by atoms with Gasteiger partial charge in [0, 0.05) is 48.6 Å². The molecule has 0 radical (unpaired) electrons. The summed E-state index contributed by atoms with van der Waals surface area (Å²) >= 11 is 6.18. The highest BCUT2D eigenvalue weighted by Crippen LogP contribution is 2.29. The highest BCUT2D eigenvalue weighted by Gasteiger charge is 2.29. The van der Waals surface area contributed by atoms with Gasteiger partial charge in [0.15, 0.2) is 0 Å². The molecule has 1 aliphatic heterocycles. The molecule has 6 nitrogen and oxygen atoms in total. The molecule has 1 fully saturated rings. The van der Waals surface area contributed by atoms with Gasteiger partial charge >= 0.3 is 6.09 Å². The zero-order valence-electron chi connectivity index (χ0n) is 17.9. The van der Waals surface area contributed by atoms with E-state index in [0.29, 0.717) is 43.4 Å². The molecule has 7 heteroatoms. The smallest absolute Gasteiger partial charge is 0.410 e. The third-order valence-corrected chi connectivity index (χ3v) is 5.47. The molecule has 0 unspecified atom stereocenters. The van der Waals surface area contributed by atoms with Crippen LogP contribution in [0.1, 0.15) is 50.2 Å². The predicted octanol–water partition coefficient (Wildman–Crippen LogP) is 4.71. The van der Waals surface area contributed by atoms with Crippen LogP contribution in [-0.4, -0.2) is 58.1 Å². The molecule has 0 aliphatic carbocycles. The van der Waals surface area contributed by atoms with Gasteiger partial charge in [0.1, 0.15) is 11.3 Å². The van der Waals surface area contributed by atoms with Crippen LogP contribution in [0.3, 0.4) is 0 Å². The Hall–Kier alpha value is -2.21. The number of amides is 2. The van der Waals surface area contributed by atoms with Crippen LogP contribution < -0.4 is 0 Å². The standard InChI is InChI=1S/C22H30ClN3O3/c1-6-26-18-9-8-16(23)14-17(18)15(2)19(26)20(27)24-10-7-11-25(13-12-24)21(28)29-22(3,4)5/h8-9,14H,6-7,10-13H2,1-5H3. The third-order valence-electron chi connectivity index (χ3n) is 5.23. The van der Waals surface area contributed by atoms with Crippen molar-refractivity contribution >= 4 is 34.5 Å². The van der Waals surface area contributed by atoms with Crippen LogP contribution in [0.25, 0.3) is 10.9 Å². The fourth-order valence-corrected chi connectivity index (χ4v) is 4.05. The number of rotatable bonds is 2. The number of hydrogen-bond donors (Lipinski definition) is 0. The van der Waals surface area contributed by atoms with Crippen LogP contribution >= 0.6 is 11.6 Å². The molecule has 1 saturated heterocycles. The van der Waals surface area contributed by atoms with E-state index in [1.54, 1.807) is 4.90 Å². The highest BCUT2D eigenvalue weighted by atomic mass is 35.5. The second kappa shape index (κ2) is 8.27. The summed E-state index contributed by atoms with van der Waals surface area (Å²) in [7, 11) is 0. The van der Waals surface area contributed by atoms with E-state index in [9.17, 15) is 9.59 Å². The van der Waals surface area contributed by atoms with Crippen molar-refractivity contribution < 1.29 is 14.3 Å². The molecule has 0 spiro atoms. The van der Waals surface area contributed by atoms with Gasteiger partial charge in [0.2, 0.25) is 0 Å². The molecule has 0 saturated carbocycles. The summed E-state index contributed by atoms with van der Waals surface area (Å²) in [6.07, 6.45) is 0.405. The molecule has 0 bridgehead atoms. The lowest BCUT2D eigenvalue weighted by molar-refractivity contribution is 0.0255. The van der Waals surface area contributed by atoms with Crippen molar-refractivity contribution in [3.8, 4) is 0 Å². The second-order valence-electron chi connectivity index (χ2n) is 8.49. The molecule has 0 N–H and O–H groups in total. The van der Waals surface area contributed by atoms with Crippen LogP contribution in [0.2, 0.25) is 5.02 Å². The van der Waals surface area contributed by atoms with Gasteiger partial charge in [-0.3, -0.25) is 4.79 Å². The Morgan fingerprint density at radius 1 is 1.10 bits per heavy atom. The van der Waals surface area contributed by atoms with Gasteiger partial charge in [0.05, 0.1) is 0 Å². The Kier molecular flexibility index (Phi) is 6.13. The van der Waals surface area contributed by atoms with Gasteiger partial charge in [-0.15, -0.1) is 0 Å². The molecular formula is C22H30ClN3O3. The molecule has 3 rings (SSSR count). The van der Waals surface area contributed by atoms with Crippen LogP contribution in [0, 0.1) is 6.92 Å². The number of carbonyl (C=O) groups is 2. The largest absolute Gasteiger partial charge is 0.444 e. The first-order valence-electron chi connectivity index (χ1n) is 10.2. The maximum absolute atomic E-state index is 13.5. The monoisotopic (exact) mass is 419 g/mol. The van der Waals surface area contributed by atoms with E-state index in [2.05, 4.69) is 4.57 Å². The maximum Gasteiger partial charge on any atom is 0.410 e. The van der Waals surface area contributed by atoms with Crippen molar-refractivity contribution in [2.24, 2.45) is 0 Å². The molecule has 0 atom stereocenters. The normalized spacial score (nSPS) is 15.5. The number of halogens is 1. The quantitative estimate of drug-likeness (QED) is 0.708. The van der Waals surface area contributed by atoms with E-state index in [1.165, 1.54) is 0 Å². The van der Waals surface area contributed by atoms with Crippen LogP contribution in [0.15, 0.2) is 18.2 Å². The minimum absolute atomic E-state index is 0.00251. The van der Waals surface area contributed by atoms with E-state index in [-0.39, 0.29) is 12.0 Å². The molecule has 1 aromatic heterocycles. The second-order valence-corrected chi connectivity index (χ2v) is 8.93. The first-order valence-corrected chi connectivity index (χ1v) is 10.6. The van der Waals surface area contributed by atoms with E-state index in [1.807, 2.05) is 57.7 Å². The maximum atomic E-state index is 13.5.